The molecule has 0 amide bonds. The van der Waals surface area contributed by atoms with Crippen LogP contribution in [0.2, 0.25) is 0 Å². The van der Waals surface area contributed by atoms with Crippen molar-refractivity contribution in [3.05, 3.63) is 82.7 Å². The maximum absolute atomic E-state index is 12.6. The second kappa shape index (κ2) is 9.16. The highest BCUT2D eigenvalue weighted by Gasteiger charge is 2.30. The number of alkyl halides is 3. The van der Waals surface area contributed by atoms with Crippen LogP contribution in [0.15, 0.2) is 54.7 Å². The van der Waals surface area contributed by atoms with Gasteiger partial charge in [0.2, 0.25) is 0 Å². The third kappa shape index (κ3) is 5.20. The predicted molar refractivity (Wildman–Crippen MR) is 115 cm³/mol. The molecule has 31 heavy (non-hydrogen) atoms. The molecular formula is C23H22F3N5. The zero-order chi connectivity index (χ0) is 21.7. The molecule has 8 heteroatoms. The Balaban J connectivity index is 1.38. The average Bonchev–Trinajstić information content (AvgIpc) is 2.78. The largest absolute Gasteiger partial charge is 0.417 e. The number of anilines is 2. The van der Waals surface area contributed by atoms with Crippen molar-refractivity contribution < 1.29 is 13.2 Å². The molecule has 0 bridgehead atoms. The lowest BCUT2D eigenvalue weighted by Crippen LogP contribution is -2.18. The first kappa shape index (κ1) is 20.8. The summed E-state index contributed by atoms with van der Waals surface area (Å²) < 4.78 is 37.8. The molecule has 2 N–H and O–H groups in total. The van der Waals surface area contributed by atoms with Crippen molar-refractivity contribution >= 4 is 17.7 Å². The Morgan fingerprint density at radius 1 is 0.935 bits per heavy atom. The smallest absolute Gasteiger partial charge is 0.368 e. The second-order valence-corrected chi connectivity index (χ2v) is 7.27. The van der Waals surface area contributed by atoms with Gasteiger partial charge < -0.3 is 10.6 Å². The van der Waals surface area contributed by atoms with Crippen LogP contribution in [-0.4, -0.2) is 28.3 Å². The fourth-order valence-electron chi connectivity index (χ4n) is 3.51. The zero-order valence-corrected chi connectivity index (χ0v) is 16.8. The normalized spacial score (nSPS) is 13.0. The second-order valence-electron chi connectivity index (χ2n) is 7.27. The van der Waals surface area contributed by atoms with Gasteiger partial charge in [-0.3, -0.25) is 0 Å². The van der Waals surface area contributed by atoms with Crippen LogP contribution in [0.25, 0.3) is 6.08 Å². The summed E-state index contributed by atoms with van der Waals surface area (Å²) in [7, 11) is 0. The number of aromatic nitrogens is 3. The summed E-state index contributed by atoms with van der Waals surface area (Å²) in [4.78, 5) is 3.81. The third-order valence-corrected chi connectivity index (χ3v) is 5.07. The van der Waals surface area contributed by atoms with Crippen LogP contribution in [0.5, 0.6) is 0 Å². The number of halogens is 3. The molecule has 0 aliphatic heterocycles. The monoisotopic (exact) mass is 425 g/mol. The molecule has 2 heterocycles. The minimum absolute atomic E-state index is 0.390. The number of pyridine rings is 1. The lowest BCUT2D eigenvalue weighted by molar-refractivity contribution is -0.137. The van der Waals surface area contributed by atoms with E-state index < -0.39 is 11.7 Å². The van der Waals surface area contributed by atoms with E-state index in [2.05, 4.69) is 50.1 Å². The van der Waals surface area contributed by atoms with E-state index in [1.165, 1.54) is 17.2 Å². The van der Waals surface area contributed by atoms with Crippen LogP contribution in [0.4, 0.5) is 24.8 Å². The van der Waals surface area contributed by atoms with Gasteiger partial charge in [0.1, 0.15) is 5.82 Å². The number of allylic oxidation sites excluding steroid dienone is 1. The van der Waals surface area contributed by atoms with Gasteiger partial charge in [-0.15, -0.1) is 5.10 Å². The van der Waals surface area contributed by atoms with Gasteiger partial charge in [-0.05, 0) is 36.1 Å². The summed E-state index contributed by atoms with van der Waals surface area (Å²) in [6.07, 6.45) is 3.29. The first-order valence-electron chi connectivity index (χ1n) is 10.1. The molecule has 0 atom stereocenters. The summed E-state index contributed by atoms with van der Waals surface area (Å²) in [6.45, 7) is 1.000. The highest BCUT2D eigenvalue weighted by Crippen LogP contribution is 2.29. The molecule has 3 aromatic rings. The highest BCUT2D eigenvalue weighted by molar-refractivity contribution is 5.68. The van der Waals surface area contributed by atoms with E-state index in [0.29, 0.717) is 24.7 Å². The van der Waals surface area contributed by atoms with Gasteiger partial charge in [0.05, 0.1) is 11.3 Å². The first-order chi connectivity index (χ1) is 15.0. The third-order valence-electron chi connectivity index (χ3n) is 5.07. The Morgan fingerprint density at radius 2 is 1.74 bits per heavy atom. The SMILES string of the molecule is FC(F)(F)c1ccc(NCCNc2nnc(Cc3ccccc3)c3c2C=CCC3)nc1. The molecule has 1 aliphatic carbocycles. The van der Waals surface area contributed by atoms with Crippen LogP contribution in [0.3, 0.4) is 0 Å². The highest BCUT2D eigenvalue weighted by atomic mass is 19.4. The maximum atomic E-state index is 12.6. The van der Waals surface area contributed by atoms with E-state index in [4.69, 9.17) is 0 Å². The standard InChI is InChI=1S/C23H22F3N5/c24-23(25,26)17-10-11-21(29-15-17)27-12-13-28-22-19-9-5-4-8-18(19)20(30-31-22)14-16-6-2-1-3-7-16/h1-3,5-7,9-11,15H,4,8,12-14H2,(H,27,29)(H,28,31). The van der Waals surface area contributed by atoms with Crippen molar-refractivity contribution in [3.8, 4) is 0 Å². The van der Waals surface area contributed by atoms with Crippen LogP contribution in [-0.2, 0) is 19.0 Å². The molecule has 2 aromatic heterocycles. The number of rotatable bonds is 7. The lowest BCUT2D eigenvalue weighted by Gasteiger charge is -2.18. The Morgan fingerprint density at radius 3 is 2.48 bits per heavy atom. The minimum atomic E-state index is -4.38. The number of nitrogens with zero attached hydrogens (tertiary/aromatic N) is 3. The van der Waals surface area contributed by atoms with Crippen molar-refractivity contribution in [2.45, 2.75) is 25.4 Å². The van der Waals surface area contributed by atoms with E-state index in [1.807, 2.05) is 18.2 Å². The zero-order valence-electron chi connectivity index (χ0n) is 16.8. The first-order valence-corrected chi connectivity index (χ1v) is 10.1. The Labute approximate surface area is 178 Å². The van der Waals surface area contributed by atoms with Crippen molar-refractivity contribution in [2.75, 3.05) is 23.7 Å². The minimum Gasteiger partial charge on any atom is -0.368 e. The maximum Gasteiger partial charge on any atom is 0.417 e. The quantitative estimate of drug-likeness (QED) is 0.524. The van der Waals surface area contributed by atoms with Gasteiger partial charge in [-0.1, -0.05) is 42.5 Å². The van der Waals surface area contributed by atoms with E-state index in [0.717, 1.165) is 42.8 Å². The molecule has 0 saturated heterocycles. The number of hydrogen-bond donors (Lipinski definition) is 2. The molecule has 160 valence electrons. The molecule has 0 radical (unpaired) electrons. The number of hydrogen-bond acceptors (Lipinski definition) is 5. The fourth-order valence-corrected chi connectivity index (χ4v) is 3.51. The van der Waals surface area contributed by atoms with Crippen LogP contribution < -0.4 is 10.6 Å². The Bertz CT molecular complexity index is 1050. The molecule has 0 saturated carbocycles. The van der Waals surface area contributed by atoms with Crippen LogP contribution >= 0.6 is 0 Å². The molecule has 1 aliphatic rings. The number of nitrogens with one attached hydrogen (secondary N) is 2. The fraction of sp³-hybridized carbons (Fsp3) is 0.261. The van der Waals surface area contributed by atoms with Crippen LogP contribution in [0, 0.1) is 0 Å². The molecule has 4 rings (SSSR count). The van der Waals surface area contributed by atoms with E-state index in [-0.39, 0.29) is 0 Å². The van der Waals surface area contributed by atoms with Crippen molar-refractivity contribution in [3.63, 3.8) is 0 Å². The van der Waals surface area contributed by atoms with Gasteiger partial charge in [0.15, 0.2) is 5.82 Å². The summed E-state index contributed by atoms with van der Waals surface area (Å²) in [5.41, 5.74) is 3.69. The molecule has 0 fully saturated rings. The molecule has 0 unspecified atom stereocenters. The molecule has 0 spiro atoms. The van der Waals surface area contributed by atoms with Gasteiger partial charge in [-0.25, -0.2) is 4.98 Å². The van der Waals surface area contributed by atoms with Gasteiger partial charge >= 0.3 is 6.18 Å². The van der Waals surface area contributed by atoms with Crippen molar-refractivity contribution in [1.29, 1.82) is 0 Å². The Kier molecular flexibility index (Phi) is 6.16. The molecule has 5 nitrogen and oxygen atoms in total. The van der Waals surface area contributed by atoms with E-state index >= 15 is 0 Å². The van der Waals surface area contributed by atoms with E-state index in [9.17, 15) is 13.2 Å². The molecule has 1 aromatic carbocycles. The van der Waals surface area contributed by atoms with Gasteiger partial charge in [0, 0.05) is 31.3 Å². The predicted octanol–water partition coefficient (Wildman–Crippen LogP) is 4.96. The van der Waals surface area contributed by atoms with Gasteiger partial charge in [0.25, 0.3) is 0 Å². The van der Waals surface area contributed by atoms with Crippen LogP contribution in [0.1, 0.15) is 34.4 Å². The van der Waals surface area contributed by atoms with Gasteiger partial charge in [-0.2, -0.15) is 18.3 Å². The Hall–Kier alpha value is -3.42. The summed E-state index contributed by atoms with van der Waals surface area (Å²) >= 11 is 0. The summed E-state index contributed by atoms with van der Waals surface area (Å²) in [5.74, 6) is 1.10. The van der Waals surface area contributed by atoms with Crippen molar-refractivity contribution in [1.82, 2.24) is 15.2 Å². The number of benzene rings is 1. The van der Waals surface area contributed by atoms with E-state index in [1.54, 1.807) is 0 Å². The number of fused-ring (bicyclic) bond motifs is 1. The summed E-state index contributed by atoms with van der Waals surface area (Å²) in [5, 5.41) is 15.1. The van der Waals surface area contributed by atoms with Crippen molar-refractivity contribution in [2.24, 2.45) is 0 Å². The average molecular weight is 425 g/mol. The summed E-state index contributed by atoms with van der Waals surface area (Å²) in [6, 6.07) is 12.5. The lowest BCUT2D eigenvalue weighted by atomic mass is 9.94. The molecular weight excluding hydrogens is 403 g/mol. The topological polar surface area (TPSA) is 62.7 Å².